The lowest BCUT2D eigenvalue weighted by molar-refractivity contribution is 0.576. The third-order valence-corrected chi connectivity index (χ3v) is 3.39. The number of nitrogen functional groups attached to an aromatic ring is 1. The minimum Gasteiger partial charge on any atom is -0.382 e. The molecule has 0 atom stereocenters. The van der Waals surface area contributed by atoms with E-state index in [0.29, 0.717) is 17.9 Å². The van der Waals surface area contributed by atoms with Crippen molar-refractivity contribution in [1.29, 1.82) is 0 Å². The van der Waals surface area contributed by atoms with Gasteiger partial charge in [-0.2, -0.15) is 0 Å². The van der Waals surface area contributed by atoms with E-state index in [2.05, 4.69) is 15.1 Å². The summed E-state index contributed by atoms with van der Waals surface area (Å²) in [7, 11) is 0. The molecular formula is C10H14N4. The number of nitrogens with zero attached hydrogens (tertiary/aromatic N) is 3. The van der Waals surface area contributed by atoms with E-state index in [9.17, 15) is 0 Å². The minimum atomic E-state index is 0.500. The van der Waals surface area contributed by atoms with Gasteiger partial charge in [0.25, 0.3) is 0 Å². The normalized spacial score (nSPS) is 29.9. The highest BCUT2D eigenvalue weighted by Gasteiger charge is 2.39. The highest BCUT2D eigenvalue weighted by molar-refractivity contribution is 5.46. The van der Waals surface area contributed by atoms with E-state index < -0.39 is 0 Å². The van der Waals surface area contributed by atoms with Crippen LogP contribution >= 0.6 is 0 Å². The van der Waals surface area contributed by atoms with Gasteiger partial charge in [0.15, 0.2) is 5.82 Å². The summed E-state index contributed by atoms with van der Waals surface area (Å²) in [6.07, 6.45) is 5.26. The van der Waals surface area contributed by atoms with Crippen LogP contribution in [-0.4, -0.2) is 22.3 Å². The summed E-state index contributed by atoms with van der Waals surface area (Å²) in [6.45, 7) is 0. The zero-order valence-corrected chi connectivity index (χ0v) is 8.06. The Bertz CT molecular complexity index is 314. The van der Waals surface area contributed by atoms with Crippen molar-refractivity contribution in [2.45, 2.75) is 37.8 Å². The first kappa shape index (κ1) is 8.03. The third-order valence-electron chi connectivity index (χ3n) is 3.39. The fraction of sp³-hybridized carbons (Fsp3) is 0.600. The summed E-state index contributed by atoms with van der Waals surface area (Å²) in [5.41, 5.74) is 5.52. The molecule has 0 saturated carbocycles. The summed E-state index contributed by atoms with van der Waals surface area (Å²) in [6, 6.07) is 5.23. The fourth-order valence-corrected chi connectivity index (χ4v) is 2.76. The molecule has 2 bridgehead atoms. The van der Waals surface area contributed by atoms with Gasteiger partial charge >= 0.3 is 0 Å². The average Bonchev–Trinajstić information content (AvgIpc) is 2.78. The van der Waals surface area contributed by atoms with Crippen molar-refractivity contribution >= 4 is 11.6 Å². The summed E-state index contributed by atoms with van der Waals surface area (Å²) < 4.78 is 0. The van der Waals surface area contributed by atoms with Crippen LogP contribution in [-0.2, 0) is 0 Å². The van der Waals surface area contributed by atoms with Crippen LogP contribution in [0.5, 0.6) is 0 Å². The van der Waals surface area contributed by atoms with Crippen LogP contribution in [0.4, 0.5) is 11.6 Å². The van der Waals surface area contributed by atoms with Gasteiger partial charge in [-0.3, -0.25) is 0 Å². The van der Waals surface area contributed by atoms with Crippen molar-refractivity contribution in [2.75, 3.05) is 10.6 Å². The highest BCUT2D eigenvalue weighted by Crippen LogP contribution is 2.39. The molecule has 14 heavy (non-hydrogen) atoms. The van der Waals surface area contributed by atoms with Gasteiger partial charge in [-0.1, -0.05) is 0 Å². The first-order chi connectivity index (χ1) is 6.84. The zero-order chi connectivity index (χ0) is 9.54. The van der Waals surface area contributed by atoms with E-state index in [1.165, 1.54) is 25.7 Å². The fourth-order valence-electron chi connectivity index (χ4n) is 2.76. The number of hydrogen-bond acceptors (Lipinski definition) is 4. The minimum absolute atomic E-state index is 0.500. The lowest BCUT2D eigenvalue weighted by Crippen LogP contribution is -2.29. The maximum absolute atomic E-state index is 5.52. The van der Waals surface area contributed by atoms with Gasteiger partial charge in [0, 0.05) is 12.1 Å². The SMILES string of the molecule is Nc1ccc(N2C3CCC2CC3)nn1. The molecule has 0 radical (unpaired) electrons. The van der Waals surface area contributed by atoms with Crippen molar-refractivity contribution in [1.82, 2.24) is 10.2 Å². The quantitative estimate of drug-likeness (QED) is 0.722. The van der Waals surface area contributed by atoms with Crippen LogP contribution < -0.4 is 10.6 Å². The summed E-state index contributed by atoms with van der Waals surface area (Å²) in [4.78, 5) is 2.42. The molecular weight excluding hydrogens is 176 g/mol. The van der Waals surface area contributed by atoms with Gasteiger partial charge < -0.3 is 10.6 Å². The van der Waals surface area contributed by atoms with Gasteiger partial charge in [0.2, 0.25) is 0 Å². The largest absolute Gasteiger partial charge is 0.382 e. The second kappa shape index (κ2) is 2.83. The van der Waals surface area contributed by atoms with Gasteiger partial charge in [0.1, 0.15) is 5.82 Å². The molecule has 0 amide bonds. The summed E-state index contributed by atoms with van der Waals surface area (Å²) in [5, 5.41) is 8.06. The predicted octanol–water partition coefficient (Wildman–Crippen LogP) is 1.19. The summed E-state index contributed by atoms with van der Waals surface area (Å²) >= 11 is 0. The van der Waals surface area contributed by atoms with Crippen molar-refractivity contribution in [3.63, 3.8) is 0 Å². The Morgan fingerprint density at radius 2 is 1.71 bits per heavy atom. The predicted molar refractivity (Wildman–Crippen MR) is 55.0 cm³/mol. The molecule has 2 aliphatic rings. The van der Waals surface area contributed by atoms with Crippen LogP contribution in [0.1, 0.15) is 25.7 Å². The smallest absolute Gasteiger partial charge is 0.151 e. The van der Waals surface area contributed by atoms with Crippen LogP contribution in [0.25, 0.3) is 0 Å². The van der Waals surface area contributed by atoms with Crippen molar-refractivity contribution in [3.05, 3.63) is 12.1 Å². The van der Waals surface area contributed by atoms with Crippen molar-refractivity contribution in [2.24, 2.45) is 0 Å². The van der Waals surface area contributed by atoms with Gasteiger partial charge in [-0.15, -0.1) is 10.2 Å². The van der Waals surface area contributed by atoms with Crippen molar-refractivity contribution < 1.29 is 0 Å². The Balaban J connectivity index is 1.92. The molecule has 1 aromatic rings. The Labute approximate surface area is 83.1 Å². The highest BCUT2D eigenvalue weighted by atomic mass is 15.3. The molecule has 3 heterocycles. The molecule has 2 aliphatic heterocycles. The first-order valence-corrected chi connectivity index (χ1v) is 5.22. The molecule has 0 aliphatic carbocycles. The molecule has 0 aromatic carbocycles. The molecule has 74 valence electrons. The van der Waals surface area contributed by atoms with E-state index in [1.54, 1.807) is 0 Å². The van der Waals surface area contributed by atoms with E-state index in [4.69, 9.17) is 5.73 Å². The van der Waals surface area contributed by atoms with Gasteiger partial charge in [-0.05, 0) is 37.8 Å². The van der Waals surface area contributed by atoms with Gasteiger partial charge in [-0.25, -0.2) is 0 Å². The molecule has 3 rings (SSSR count). The zero-order valence-electron chi connectivity index (χ0n) is 8.06. The molecule has 0 unspecified atom stereocenters. The molecule has 2 fully saturated rings. The molecule has 4 heteroatoms. The third kappa shape index (κ3) is 1.06. The standard InChI is InChI=1S/C10H14N4/c11-9-5-6-10(13-12-9)14-7-1-2-8(14)4-3-7/h5-8H,1-4H2,(H2,11,12). The maximum Gasteiger partial charge on any atom is 0.151 e. The molecule has 2 N–H and O–H groups in total. The number of fused-ring (bicyclic) bond motifs is 2. The van der Waals surface area contributed by atoms with Crippen LogP contribution in [0, 0.1) is 0 Å². The van der Waals surface area contributed by atoms with Crippen LogP contribution in [0.2, 0.25) is 0 Å². The number of nitrogens with two attached hydrogens (primary N) is 1. The number of anilines is 2. The van der Waals surface area contributed by atoms with E-state index in [-0.39, 0.29) is 0 Å². The van der Waals surface area contributed by atoms with Crippen molar-refractivity contribution in [3.8, 4) is 0 Å². The number of aromatic nitrogens is 2. The molecule has 1 aromatic heterocycles. The van der Waals surface area contributed by atoms with E-state index in [0.717, 1.165) is 5.82 Å². The van der Waals surface area contributed by atoms with E-state index in [1.807, 2.05) is 12.1 Å². The molecule has 2 saturated heterocycles. The van der Waals surface area contributed by atoms with Crippen LogP contribution in [0.3, 0.4) is 0 Å². The molecule has 0 spiro atoms. The Morgan fingerprint density at radius 3 is 2.21 bits per heavy atom. The maximum atomic E-state index is 5.52. The Kier molecular flexibility index (Phi) is 1.63. The lowest BCUT2D eigenvalue weighted by Gasteiger charge is -2.22. The second-order valence-electron chi connectivity index (χ2n) is 4.19. The number of hydrogen-bond donors (Lipinski definition) is 1. The number of rotatable bonds is 1. The Morgan fingerprint density at radius 1 is 1.07 bits per heavy atom. The molecule has 4 nitrogen and oxygen atoms in total. The lowest BCUT2D eigenvalue weighted by atomic mass is 10.0. The van der Waals surface area contributed by atoms with E-state index >= 15 is 0 Å². The monoisotopic (exact) mass is 190 g/mol. The average molecular weight is 190 g/mol. The Hall–Kier alpha value is -1.32. The van der Waals surface area contributed by atoms with Crippen LogP contribution in [0.15, 0.2) is 12.1 Å². The summed E-state index contributed by atoms with van der Waals surface area (Å²) in [5.74, 6) is 1.50. The second-order valence-corrected chi connectivity index (χ2v) is 4.19. The first-order valence-electron chi connectivity index (χ1n) is 5.22. The topological polar surface area (TPSA) is 55.0 Å². The van der Waals surface area contributed by atoms with Gasteiger partial charge in [0.05, 0.1) is 0 Å².